The predicted molar refractivity (Wildman–Crippen MR) is 488 cm³/mol. The molecule has 6 aromatic heterocycles. The molecule has 8 aliphatic heterocycles. The molecule has 2 unspecified atom stereocenters. The molecule has 668 valence electrons. The minimum atomic E-state index is -0.792. The topological polar surface area (TPSA) is 398 Å². The number of rotatable bonds is 14. The summed E-state index contributed by atoms with van der Waals surface area (Å²) in [6, 6.07) is 22.9. The summed E-state index contributed by atoms with van der Waals surface area (Å²) in [4.78, 5) is 181. The number of hydrogen-bond acceptors (Lipinski definition) is 26. The Hall–Kier alpha value is -9.76. The van der Waals surface area contributed by atoms with Gasteiger partial charge < -0.3 is 115 Å². The molecule has 12 aromatic rings. The quantitative estimate of drug-likeness (QED) is 0.0371. The summed E-state index contributed by atoms with van der Waals surface area (Å²) in [7, 11) is 0. The Morgan fingerprint density at radius 1 is 0.364 bits per heavy atom. The van der Waals surface area contributed by atoms with Crippen LogP contribution in [0.5, 0.6) is 0 Å². The largest absolute Gasteiger partial charge is 0.521 e. The first kappa shape index (κ1) is 94.0. The Labute approximate surface area is 891 Å². The van der Waals surface area contributed by atoms with Crippen LogP contribution in [0.3, 0.4) is 0 Å². The number of carbonyl (C=O) groups excluding carboxylic acids is 12. The van der Waals surface area contributed by atoms with E-state index in [1.165, 1.54) is 68.0 Å². The summed E-state index contributed by atoms with van der Waals surface area (Å²) in [6.45, 7) is 25.3. The van der Waals surface area contributed by atoms with Gasteiger partial charge in [0.05, 0.1) is 127 Å². The molecule has 42 heteroatoms. The van der Waals surface area contributed by atoms with E-state index in [0.29, 0.717) is 205 Å². The number of nitrogens with one attached hydrogen (secondary N) is 8. The van der Waals surface area contributed by atoms with Crippen LogP contribution < -0.4 is 42.5 Å². The average molecular weight is 2190 g/mol. The van der Waals surface area contributed by atoms with Gasteiger partial charge in [-0.2, -0.15) is 76.8 Å². The normalized spacial score (nSPS) is 17.9. The summed E-state index contributed by atoms with van der Waals surface area (Å²) >= 11 is 8.36. The molecule has 14 heterocycles. The van der Waals surface area contributed by atoms with Crippen molar-refractivity contribution in [2.75, 3.05) is 78.5 Å². The van der Waals surface area contributed by atoms with E-state index in [-0.39, 0.29) is 252 Å². The van der Waals surface area contributed by atoms with Gasteiger partial charge in [-0.25, -0.2) is 29.9 Å². The zero-order chi connectivity index (χ0) is 95.1. The number of fused-ring (bicyclic) bond motifs is 6. The van der Waals surface area contributed by atoms with E-state index >= 15 is 0 Å². The third kappa shape index (κ3) is 23.8. The Balaban J connectivity index is 0.000000158. The molecule has 20 rings (SSSR count). The van der Waals surface area contributed by atoms with Gasteiger partial charge in [0.15, 0.2) is 0 Å². The zero-order valence-corrected chi connectivity index (χ0v) is 86.6. The van der Waals surface area contributed by atoms with Crippen molar-refractivity contribution in [3.05, 3.63) is 275 Å². The van der Waals surface area contributed by atoms with Crippen molar-refractivity contribution in [3.8, 4) is 0 Å². The number of nitrogens with zero attached hydrogens (tertiary/aromatic N) is 12. The second-order valence-corrected chi connectivity index (χ2v) is 35.0. The van der Waals surface area contributed by atoms with Crippen LogP contribution >= 0.6 is 68.0 Å². The van der Waals surface area contributed by atoms with Gasteiger partial charge in [-0.1, -0.05) is 63.0 Å². The Bertz CT molecular complexity index is 6790. The maximum atomic E-state index is 12.8. The summed E-state index contributed by atoms with van der Waals surface area (Å²) in [6.07, 6.45) is 12.5. The molecule has 32 nitrogen and oxygen atoms in total. The third-order valence-corrected chi connectivity index (χ3v) is 26.4. The molecular formula is C90H80N20O12S6Y4-8. The Morgan fingerprint density at radius 3 is 1.03 bits per heavy atom. The molecule has 0 bridgehead atoms. The van der Waals surface area contributed by atoms with E-state index in [4.69, 9.17) is 8.22 Å². The molecule has 132 heavy (non-hydrogen) atoms. The molecule has 8 fully saturated rings. The van der Waals surface area contributed by atoms with Crippen molar-refractivity contribution in [1.29, 1.82) is 0 Å². The molecule has 8 saturated heterocycles. The standard InChI is InChI=1S/2C15H14N4O2S.4C15H13N3O2S.4Y/c2*1-9-17-14(21)15(18-9)4-5-19(7-15)13(20)10-2-3-12-11(6-10)16-8-22-12;4*1-2-16-14(19)11-5-6-18(8-11)15(20)10-3-4-13-12(7-10)17-9-21-13;;;;/h2*2-3,6,8,18H,1,4-5,7H2,(H,17,21);4*3-4,7,9H,1,5-6,8H2,(H,16,19);;;;/q;;4*-2;;;;/i3T;2T;9T;7T;4T;3T;;;;. The predicted octanol–water partition coefficient (Wildman–Crippen LogP) is 9.25. The number of benzene rings is 6. The second kappa shape index (κ2) is 46.5. The van der Waals surface area contributed by atoms with Crippen LogP contribution in [0.25, 0.3) is 61.3 Å². The molecule has 0 aliphatic carbocycles. The van der Waals surface area contributed by atoms with Crippen LogP contribution in [0, 0.1) is 48.5 Å². The van der Waals surface area contributed by atoms with Gasteiger partial charge >= 0.3 is 0 Å². The van der Waals surface area contributed by atoms with Crippen molar-refractivity contribution in [1.82, 2.24) is 102 Å². The molecule has 8 aliphatic rings. The van der Waals surface area contributed by atoms with E-state index in [1.807, 2.05) is 0 Å². The molecule has 4 radical (unpaired) electrons. The molecule has 2 atom stereocenters. The molecule has 0 saturated carbocycles. The number of hydrogen-bond donors (Lipinski definition) is 8. The van der Waals surface area contributed by atoms with Crippen molar-refractivity contribution in [2.45, 2.75) is 49.6 Å². The van der Waals surface area contributed by atoms with E-state index in [9.17, 15) is 57.5 Å². The number of thiazole rings is 6. The van der Waals surface area contributed by atoms with Crippen LogP contribution in [-0.2, 0) is 160 Å². The fourth-order valence-corrected chi connectivity index (χ4v) is 18.9. The van der Waals surface area contributed by atoms with Gasteiger partial charge in [0.25, 0.3) is 47.3 Å². The Kier molecular flexibility index (Phi) is 33.1. The molecule has 2 spiro atoms. The van der Waals surface area contributed by atoms with E-state index in [1.54, 1.807) is 136 Å². The maximum absolute atomic E-state index is 12.8. The van der Waals surface area contributed by atoms with E-state index in [2.05, 4.69) is 137 Å². The SMILES string of the molecule is [3H]c1c(C(=O)N2CC[C-](C(=O)N[C-]=C)C2)ccc2scnc12.[3H]c1cc(C(=O)N2CCC3(C2)NC(=C)NC3=O)cc2ncsc12.[3H]c1cc(C(=O)N2CC[C-](C(=O)N[C-]=C)C2)cc2ncsc12.[3H]c1cc2scnc2cc1C(=O)N1CCC2(C1)NC(=C)NC2=O.[3H]c1cc2scnc2cc1C(=O)N1CC[C-](C(=O)N[C-]=C)C1.[3H]c1nc2cc(C(=O)N3CC[C-](C(=O)N[C-]=C)C3)ccc2s1.[Y].[Y].[Y].[Y]. The fraction of sp³-hybridized carbons (Fsp3) is 0.222. The van der Waals surface area contributed by atoms with Crippen LogP contribution in [-0.4, -0.2) is 220 Å². The third-order valence-electron chi connectivity index (χ3n) is 21.8. The first-order valence-electron chi connectivity index (χ1n) is 42.4. The van der Waals surface area contributed by atoms with Crippen LogP contribution in [0.1, 0.15) is 109 Å². The number of likely N-dealkylation sites (tertiary alicyclic amines) is 6. The summed E-state index contributed by atoms with van der Waals surface area (Å²) in [5.41, 5.74) is 13.3. The molecule has 6 aromatic carbocycles. The average Bonchev–Trinajstić information content (AvgIpc) is 1.62. The second-order valence-electron chi connectivity index (χ2n) is 29.8. The van der Waals surface area contributed by atoms with Crippen LogP contribution in [0.4, 0.5) is 0 Å². The van der Waals surface area contributed by atoms with Crippen molar-refractivity contribution < 1.29 is 197 Å². The molecular weight excluding hydrogens is 2100 g/mol. The van der Waals surface area contributed by atoms with E-state index in [0.717, 1.165) is 28.2 Å². The van der Waals surface area contributed by atoms with Crippen molar-refractivity contribution >= 4 is 200 Å². The van der Waals surface area contributed by atoms with E-state index < -0.39 is 11.1 Å². The maximum Gasteiger partial charge on any atom is 0.254 e. The van der Waals surface area contributed by atoms with Gasteiger partial charge in [-0.3, -0.25) is 38.4 Å². The number of aromatic nitrogens is 6. The number of amides is 12. The van der Waals surface area contributed by atoms with Crippen LogP contribution in [0.15, 0.2) is 193 Å². The van der Waals surface area contributed by atoms with Crippen molar-refractivity contribution in [3.63, 3.8) is 0 Å². The summed E-state index contributed by atoms with van der Waals surface area (Å²) < 4.78 is 52.8. The molecule has 12 amide bonds. The minimum Gasteiger partial charge on any atom is -0.521 e. The monoisotopic (exact) mass is 2190 g/mol. The first-order valence-corrected chi connectivity index (χ1v) is 44.6. The summed E-state index contributed by atoms with van der Waals surface area (Å²) in [5.74, 6) is 0.916. The Morgan fingerprint density at radius 2 is 0.659 bits per heavy atom. The smallest absolute Gasteiger partial charge is 0.254 e. The van der Waals surface area contributed by atoms with Gasteiger partial charge in [0, 0.05) is 177 Å². The summed E-state index contributed by atoms with van der Waals surface area (Å²) in [5, 5.41) is 21.0. The van der Waals surface area contributed by atoms with Gasteiger partial charge in [-0.15, -0.1) is 68.0 Å². The zero-order valence-electron chi connectivity index (χ0n) is 76.4. The van der Waals surface area contributed by atoms with Gasteiger partial charge in [-0.05, 0) is 148 Å². The minimum absolute atomic E-state index is 0. The van der Waals surface area contributed by atoms with Gasteiger partial charge in [0.2, 0.25) is 0 Å². The van der Waals surface area contributed by atoms with Crippen molar-refractivity contribution in [2.24, 2.45) is 0 Å². The first-order chi connectivity index (χ1) is 64.4. The number of carbonyl (C=O) groups is 12. The fourth-order valence-electron chi connectivity index (χ4n) is 15.2. The molecule has 8 N–H and O–H groups in total. The van der Waals surface area contributed by atoms with Gasteiger partial charge in [0.1, 0.15) is 11.1 Å². The van der Waals surface area contributed by atoms with Crippen LogP contribution in [0.2, 0.25) is 0 Å².